The van der Waals surface area contributed by atoms with Crippen LogP contribution in [-0.4, -0.2) is 18.1 Å². The lowest BCUT2D eigenvalue weighted by molar-refractivity contribution is -0.228. The third-order valence-corrected chi connectivity index (χ3v) is 4.52. The average Bonchev–Trinajstić information content (AvgIpc) is 2.53. The summed E-state index contributed by atoms with van der Waals surface area (Å²) in [4.78, 5) is 11.8. The van der Waals surface area contributed by atoms with Gasteiger partial charge in [-0.25, -0.2) is 0 Å². The molecule has 3 nitrogen and oxygen atoms in total. The molecule has 4 rings (SSSR count). The monoisotopic (exact) mass is 279 g/mol. The number of piperidine rings is 1. The minimum absolute atomic E-state index is 0.0172. The number of rotatable bonds is 2. The van der Waals surface area contributed by atoms with Crippen molar-refractivity contribution in [2.24, 2.45) is 0 Å². The van der Waals surface area contributed by atoms with Crippen LogP contribution in [-0.2, 0) is 15.1 Å². The van der Waals surface area contributed by atoms with E-state index in [4.69, 9.17) is 4.74 Å². The number of hydrogen-bond donors (Lipinski definition) is 1. The number of fused-ring (bicyclic) bond motifs is 1. The van der Waals surface area contributed by atoms with E-state index >= 15 is 0 Å². The second-order valence-corrected chi connectivity index (χ2v) is 5.71. The normalized spacial score (nSPS) is 26.4. The predicted octanol–water partition coefficient (Wildman–Crippen LogP) is 2.61. The van der Waals surface area contributed by atoms with Crippen LogP contribution in [0.25, 0.3) is 0 Å². The highest BCUT2D eigenvalue weighted by atomic mass is 16.5. The quantitative estimate of drug-likeness (QED) is 0.917. The van der Waals surface area contributed by atoms with E-state index in [-0.39, 0.29) is 18.1 Å². The maximum absolute atomic E-state index is 11.8. The van der Waals surface area contributed by atoms with E-state index in [1.165, 1.54) is 0 Å². The highest BCUT2D eigenvalue weighted by Crippen LogP contribution is 2.49. The molecule has 2 fully saturated rings. The van der Waals surface area contributed by atoms with E-state index < -0.39 is 5.60 Å². The van der Waals surface area contributed by atoms with Crippen molar-refractivity contribution in [3.8, 4) is 0 Å². The minimum atomic E-state index is -0.552. The first-order chi connectivity index (χ1) is 10.3. The first-order valence-corrected chi connectivity index (χ1v) is 7.39. The highest BCUT2D eigenvalue weighted by molar-refractivity contribution is 5.78. The van der Waals surface area contributed by atoms with Crippen molar-refractivity contribution < 1.29 is 9.53 Å². The van der Waals surface area contributed by atoms with Gasteiger partial charge in [0, 0.05) is 6.42 Å². The molecule has 0 unspecified atom stereocenters. The second-order valence-electron chi connectivity index (χ2n) is 5.71. The maximum atomic E-state index is 11.8. The Labute approximate surface area is 123 Å². The lowest BCUT2D eigenvalue weighted by Gasteiger charge is -2.57. The molecule has 2 saturated heterocycles. The summed E-state index contributed by atoms with van der Waals surface area (Å²) in [5.74, 6) is 0.121. The third-order valence-electron chi connectivity index (χ3n) is 4.52. The molecule has 2 heterocycles. The van der Waals surface area contributed by atoms with Gasteiger partial charge in [-0.2, -0.15) is 0 Å². The van der Waals surface area contributed by atoms with E-state index in [0.29, 0.717) is 6.42 Å². The third kappa shape index (κ3) is 1.81. The molecule has 2 aliphatic rings. The maximum Gasteiger partial charge on any atom is 0.220 e. The Hall–Kier alpha value is -2.13. The van der Waals surface area contributed by atoms with Crippen LogP contribution in [0.3, 0.4) is 0 Å². The van der Waals surface area contributed by atoms with Gasteiger partial charge in [-0.15, -0.1) is 0 Å². The van der Waals surface area contributed by atoms with Gasteiger partial charge in [0.05, 0.1) is 12.1 Å². The largest absolute Gasteiger partial charge is 0.358 e. The molecular formula is C18H17NO2. The Morgan fingerprint density at radius 2 is 1.52 bits per heavy atom. The molecule has 0 bridgehead atoms. The summed E-state index contributed by atoms with van der Waals surface area (Å²) in [6.07, 6.45) is 1.47. The topological polar surface area (TPSA) is 38.3 Å². The summed E-state index contributed by atoms with van der Waals surface area (Å²) in [5.41, 5.74) is 1.64. The number of benzene rings is 2. The van der Waals surface area contributed by atoms with Gasteiger partial charge >= 0.3 is 0 Å². The summed E-state index contributed by atoms with van der Waals surface area (Å²) < 4.78 is 6.34. The number of ether oxygens (including phenoxy) is 1. The lowest BCUT2D eigenvalue weighted by atomic mass is 9.70. The number of amides is 1. The van der Waals surface area contributed by atoms with Crippen LogP contribution in [0.5, 0.6) is 0 Å². The molecule has 0 aliphatic carbocycles. The Balaban J connectivity index is 1.83. The standard InChI is InChI=1S/C18H17NO2/c20-16-12-11-15-17(19-16)18(21-15,13-7-3-1-4-8-13)14-9-5-2-6-10-14/h1-10,15,17H,11-12H2,(H,19,20)/t15-,17+/m0/s1. The fourth-order valence-electron chi connectivity index (χ4n) is 3.54. The molecular weight excluding hydrogens is 262 g/mol. The van der Waals surface area contributed by atoms with Gasteiger partial charge in [-0.3, -0.25) is 4.79 Å². The van der Waals surface area contributed by atoms with Crippen molar-refractivity contribution in [3.63, 3.8) is 0 Å². The molecule has 1 amide bonds. The first kappa shape index (κ1) is 12.6. The van der Waals surface area contributed by atoms with Crippen LogP contribution in [0.1, 0.15) is 24.0 Å². The van der Waals surface area contributed by atoms with Crippen LogP contribution < -0.4 is 5.32 Å². The van der Waals surface area contributed by atoms with Gasteiger partial charge in [0.2, 0.25) is 5.91 Å². The molecule has 0 aromatic heterocycles. The molecule has 0 radical (unpaired) electrons. The summed E-state index contributed by atoms with van der Waals surface area (Å²) >= 11 is 0. The number of carbonyl (C=O) groups excluding carboxylic acids is 1. The molecule has 2 aromatic carbocycles. The molecule has 106 valence electrons. The van der Waals surface area contributed by atoms with Gasteiger partial charge < -0.3 is 10.1 Å². The van der Waals surface area contributed by atoms with E-state index in [1.807, 2.05) is 36.4 Å². The highest BCUT2D eigenvalue weighted by Gasteiger charge is 2.59. The second kappa shape index (κ2) is 4.71. The Kier molecular flexibility index (Phi) is 2.82. The smallest absolute Gasteiger partial charge is 0.220 e. The molecule has 0 saturated carbocycles. The van der Waals surface area contributed by atoms with Crippen LogP contribution >= 0.6 is 0 Å². The van der Waals surface area contributed by atoms with Gasteiger partial charge in [-0.1, -0.05) is 60.7 Å². The molecule has 1 N–H and O–H groups in total. The molecule has 2 aliphatic heterocycles. The molecule has 21 heavy (non-hydrogen) atoms. The van der Waals surface area contributed by atoms with Crippen molar-refractivity contribution in [1.82, 2.24) is 5.32 Å². The number of nitrogens with one attached hydrogen (secondary N) is 1. The van der Waals surface area contributed by atoms with Gasteiger partial charge in [0.1, 0.15) is 5.60 Å². The van der Waals surface area contributed by atoms with Crippen molar-refractivity contribution in [3.05, 3.63) is 71.8 Å². The Morgan fingerprint density at radius 3 is 2.10 bits per heavy atom. The zero-order valence-electron chi connectivity index (χ0n) is 11.7. The van der Waals surface area contributed by atoms with E-state index in [1.54, 1.807) is 0 Å². The van der Waals surface area contributed by atoms with Crippen molar-refractivity contribution in [1.29, 1.82) is 0 Å². The van der Waals surface area contributed by atoms with E-state index in [2.05, 4.69) is 29.6 Å². The number of carbonyl (C=O) groups is 1. The summed E-state index contributed by atoms with van der Waals surface area (Å²) in [7, 11) is 0. The lowest BCUT2D eigenvalue weighted by Crippen LogP contribution is -2.71. The van der Waals surface area contributed by atoms with Crippen molar-refractivity contribution >= 4 is 5.91 Å². The van der Waals surface area contributed by atoms with Gasteiger partial charge in [0.25, 0.3) is 0 Å². The zero-order valence-corrected chi connectivity index (χ0v) is 11.7. The fraction of sp³-hybridized carbons (Fsp3) is 0.278. The Morgan fingerprint density at radius 1 is 0.952 bits per heavy atom. The SMILES string of the molecule is O=C1CC[C@@H]2OC(c3ccccc3)(c3ccccc3)[C@@H]2N1. The summed E-state index contributed by atoms with van der Waals surface area (Å²) in [6, 6.07) is 20.4. The molecule has 2 aromatic rings. The first-order valence-electron chi connectivity index (χ1n) is 7.39. The molecule has 0 spiro atoms. The summed E-state index contributed by atoms with van der Waals surface area (Å²) in [5, 5.41) is 3.14. The molecule has 2 atom stereocenters. The van der Waals surface area contributed by atoms with E-state index in [9.17, 15) is 4.79 Å². The molecule has 3 heteroatoms. The van der Waals surface area contributed by atoms with Gasteiger partial charge in [-0.05, 0) is 17.5 Å². The van der Waals surface area contributed by atoms with Crippen LogP contribution in [0.4, 0.5) is 0 Å². The minimum Gasteiger partial charge on any atom is -0.358 e. The van der Waals surface area contributed by atoms with Crippen molar-refractivity contribution in [2.45, 2.75) is 30.6 Å². The van der Waals surface area contributed by atoms with Crippen LogP contribution in [0.15, 0.2) is 60.7 Å². The Bertz CT molecular complexity index is 614. The van der Waals surface area contributed by atoms with Crippen LogP contribution in [0, 0.1) is 0 Å². The average molecular weight is 279 g/mol. The fourth-order valence-corrected chi connectivity index (χ4v) is 3.54. The summed E-state index contributed by atoms with van der Waals surface area (Å²) in [6.45, 7) is 0. The predicted molar refractivity (Wildman–Crippen MR) is 79.7 cm³/mol. The number of hydrogen-bond acceptors (Lipinski definition) is 2. The van der Waals surface area contributed by atoms with Gasteiger partial charge in [0.15, 0.2) is 0 Å². The van der Waals surface area contributed by atoms with Crippen molar-refractivity contribution in [2.75, 3.05) is 0 Å². The van der Waals surface area contributed by atoms with E-state index in [0.717, 1.165) is 17.5 Å². The van der Waals surface area contributed by atoms with Crippen LogP contribution in [0.2, 0.25) is 0 Å². The zero-order chi connectivity index (χ0) is 14.3.